The molecule has 1 amide bonds. The Morgan fingerprint density at radius 3 is 2.77 bits per heavy atom. The van der Waals surface area contributed by atoms with Crippen LogP contribution in [-0.2, 0) is 13.3 Å². The molecule has 0 fully saturated rings. The number of carbonyl (C=O) groups excluding carboxylic acids is 1. The molecule has 0 bridgehead atoms. The van der Waals surface area contributed by atoms with Gasteiger partial charge < -0.3 is 10.1 Å². The van der Waals surface area contributed by atoms with E-state index in [1.165, 1.54) is 0 Å². The fourth-order valence-electron chi connectivity index (χ4n) is 2.38. The van der Waals surface area contributed by atoms with Crippen molar-refractivity contribution < 1.29 is 9.53 Å². The van der Waals surface area contributed by atoms with E-state index in [0.29, 0.717) is 23.0 Å². The van der Waals surface area contributed by atoms with Crippen molar-refractivity contribution in [3.05, 3.63) is 65.2 Å². The lowest BCUT2D eigenvalue weighted by atomic mass is 10.3. The second-order valence-electron chi connectivity index (χ2n) is 5.77. The number of aromatic nitrogens is 4. The normalized spacial score (nSPS) is 10.7. The van der Waals surface area contributed by atoms with Gasteiger partial charge >= 0.3 is 0 Å². The molecule has 1 aromatic carbocycles. The van der Waals surface area contributed by atoms with Crippen LogP contribution in [0.15, 0.2) is 48.8 Å². The maximum Gasteiger partial charge on any atom is 0.271 e. The summed E-state index contributed by atoms with van der Waals surface area (Å²) in [6, 6.07) is 10.7. The van der Waals surface area contributed by atoms with E-state index in [-0.39, 0.29) is 12.6 Å². The van der Waals surface area contributed by atoms with E-state index < -0.39 is 0 Å². The fraction of sp³-hybridized carbons (Fsp3) is 0.278. The minimum absolute atomic E-state index is 0.201. The van der Waals surface area contributed by atoms with Crippen molar-refractivity contribution in [3.8, 4) is 5.75 Å². The highest BCUT2D eigenvalue weighted by Crippen LogP contribution is 2.15. The zero-order chi connectivity index (χ0) is 18.4. The van der Waals surface area contributed by atoms with Gasteiger partial charge in [-0.15, -0.1) is 0 Å². The molecule has 3 rings (SSSR count). The van der Waals surface area contributed by atoms with Crippen molar-refractivity contribution in [2.75, 3.05) is 6.54 Å². The predicted octanol–water partition coefficient (Wildman–Crippen LogP) is 2.90. The number of carbonyl (C=O) groups is 1. The lowest BCUT2D eigenvalue weighted by Gasteiger charge is -2.06. The van der Waals surface area contributed by atoms with Crippen LogP contribution >= 0.6 is 11.6 Å². The predicted molar refractivity (Wildman–Crippen MR) is 98.2 cm³/mol. The van der Waals surface area contributed by atoms with Gasteiger partial charge in [-0.3, -0.25) is 9.48 Å². The van der Waals surface area contributed by atoms with Crippen molar-refractivity contribution in [1.29, 1.82) is 0 Å². The van der Waals surface area contributed by atoms with E-state index in [1.807, 2.05) is 17.7 Å². The first-order chi connectivity index (χ1) is 12.6. The Morgan fingerprint density at radius 1 is 1.23 bits per heavy atom. The Bertz CT molecular complexity index is 857. The van der Waals surface area contributed by atoms with Crippen molar-refractivity contribution in [3.63, 3.8) is 0 Å². The molecular weight excluding hydrogens is 354 g/mol. The number of rotatable bonds is 8. The molecule has 2 aromatic heterocycles. The highest BCUT2D eigenvalue weighted by atomic mass is 35.5. The molecule has 0 aliphatic rings. The molecule has 1 N–H and O–H groups in total. The molecule has 0 radical (unpaired) electrons. The zero-order valence-electron chi connectivity index (χ0n) is 14.4. The van der Waals surface area contributed by atoms with Crippen molar-refractivity contribution in [2.24, 2.45) is 0 Å². The van der Waals surface area contributed by atoms with E-state index in [1.54, 1.807) is 47.4 Å². The molecule has 0 saturated heterocycles. The first kappa shape index (κ1) is 18.0. The molecule has 2 heterocycles. The minimum atomic E-state index is -0.201. The average Bonchev–Trinajstić information content (AvgIpc) is 3.27. The van der Waals surface area contributed by atoms with Gasteiger partial charge in [0.15, 0.2) is 6.73 Å². The molecule has 0 unspecified atom stereocenters. The molecule has 3 aromatic rings. The highest BCUT2D eigenvalue weighted by molar-refractivity contribution is 6.30. The number of aryl methyl sites for hydroxylation is 2. The number of hydrogen-bond donors (Lipinski definition) is 1. The van der Waals surface area contributed by atoms with E-state index in [0.717, 1.165) is 18.7 Å². The van der Waals surface area contributed by atoms with Crippen molar-refractivity contribution in [1.82, 2.24) is 24.9 Å². The number of ether oxygens (including phenoxy) is 1. The van der Waals surface area contributed by atoms with Gasteiger partial charge in [-0.05, 0) is 49.7 Å². The Balaban J connectivity index is 1.42. The molecule has 8 heteroatoms. The smallest absolute Gasteiger partial charge is 0.271 e. The Morgan fingerprint density at radius 2 is 2.04 bits per heavy atom. The van der Waals surface area contributed by atoms with E-state index in [2.05, 4.69) is 15.5 Å². The van der Waals surface area contributed by atoms with E-state index >= 15 is 0 Å². The first-order valence-corrected chi connectivity index (χ1v) is 8.68. The zero-order valence-corrected chi connectivity index (χ0v) is 15.2. The SMILES string of the molecule is Cc1ccnn1CCCNC(=O)c1ccn(COc2ccc(Cl)cc2)n1. The van der Waals surface area contributed by atoms with Crippen LogP contribution in [0.3, 0.4) is 0 Å². The van der Waals surface area contributed by atoms with Crippen molar-refractivity contribution >= 4 is 17.5 Å². The van der Waals surface area contributed by atoms with Crippen LogP contribution < -0.4 is 10.1 Å². The lowest BCUT2D eigenvalue weighted by Crippen LogP contribution is -2.26. The maximum absolute atomic E-state index is 12.1. The summed E-state index contributed by atoms with van der Waals surface area (Å²) in [5.41, 5.74) is 1.47. The van der Waals surface area contributed by atoms with Crippen LogP contribution in [0.25, 0.3) is 0 Å². The number of nitrogens with zero attached hydrogens (tertiary/aromatic N) is 4. The summed E-state index contributed by atoms with van der Waals surface area (Å²) in [4.78, 5) is 12.1. The van der Waals surface area contributed by atoms with Crippen LogP contribution in [0.2, 0.25) is 5.02 Å². The number of halogens is 1. The number of amides is 1. The highest BCUT2D eigenvalue weighted by Gasteiger charge is 2.09. The van der Waals surface area contributed by atoms with Crippen molar-refractivity contribution in [2.45, 2.75) is 26.6 Å². The second kappa shape index (κ2) is 8.53. The van der Waals surface area contributed by atoms with Gasteiger partial charge in [-0.2, -0.15) is 10.2 Å². The topological polar surface area (TPSA) is 74.0 Å². The van der Waals surface area contributed by atoms with E-state index in [4.69, 9.17) is 16.3 Å². The van der Waals surface area contributed by atoms with Crippen LogP contribution in [0.4, 0.5) is 0 Å². The summed E-state index contributed by atoms with van der Waals surface area (Å²) >= 11 is 5.83. The molecule has 0 aliphatic heterocycles. The molecule has 136 valence electrons. The molecule has 26 heavy (non-hydrogen) atoms. The van der Waals surface area contributed by atoms with Gasteiger partial charge in [0.05, 0.1) is 0 Å². The largest absolute Gasteiger partial charge is 0.471 e. The van der Waals surface area contributed by atoms with Gasteiger partial charge in [0.25, 0.3) is 5.91 Å². The quantitative estimate of drug-likeness (QED) is 0.616. The molecule has 0 aliphatic carbocycles. The summed E-state index contributed by atoms with van der Waals surface area (Å²) in [7, 11) is 0. The number of benzene rings is 1. The summed E-state index contributed by atoms with van der Waals surface area (Å²) in [6.07, 6.45) is 4.28. The van der Waals surface area contributed by atoms with Gasteiger partial charge in [-0.1, -0.05) is 11.6 Å². The van der Waals surface area contributed by atoms with Crippen LogP contribution in [0.5, 0.6) is 5.75 Å². The fourth-order valence-corrected chi connectivity index (χ4v) is 2.51. The Labute approximate surface area is 156 Å². The van der Waals surface area contributed by atoms with Gasteiger partial charge in [-0.25, -0.2) is 4.68 Å². The number of hydrogen-bond acceptors (Lipinski definition) is 4. The molecular formula is C18H20ClN5O2. The lowest BCUT2D eigenvalue weighted by molar-refractivity contribution is 0.0945. The maximum atomic E-state index is 12.1. The second-order valence-corrected chi connectivity index (χ2v) is 6.21. The average molecular weight is 374 g/mol. The Hall–Kier alpha value is -2.80. The summed E-state index contributed by atoms with van der Waals surface area (Å²) in [5.74, 6) is 0.484. The minimum Gasteiger partial charge on any atom is -0.471 e. The first-order valence-electron chi connectivity index (χ1n) is 8.30. The standard InChI is InChI=1S/C18H20ClN5O2/c1-14-7-10-21-24(14)11-2-9-20-18(25)17-8-12-23(22-17)13-26-16-5-3-15(19)4-6-16/h3-8,10,12H,2,9,11,13H2,1H3,(H,20,25). The van der Waals surface area contributed by atoms with Gasteiger partial charge in [0.1, 0.15) is 11.4 Å². The molecule has 0 saturated carbocycles. The van der Waals surface area contributed by atoms with E-state index in [9.17, 15) is 4.79 Å². The van der Waals surface area contributed by atoms with Gasteiger partial charge in [0.2, 0.25) is 0 Å². The van der Waals surface area contributed by atoms with Crippen LogP contribution in [0.1, 0.15) is 22.6 Å². The van der Waals surface area contributed by atoms with Crippen LogP contribution in [-0.4, -0.2) is 32.0 Å². The van der Waals surface area contributed by atoms with Gasteiger partial charge in [0, 0.05) is 36.2 Å². The third kappa shape index (κ3) is 4.86. The third-order valence-electron chi connectivity index (χ3n) is 3.81. The summed E-state index contributed by atoms with van der Waals surface area (Å²) in [6.45, 7) is 3.55. The summed E-state index contributed by atoms with van der Waals surface area (Å²) < 4.78 is 9.07. The van der Waals surface area contributed by atoms with Crippen LogP contribution in [0, 0.1) is 6.92 Å². The molecule has 7 nitrogen and oxygen atoms in total. The monoisotopic (exact) mass is 373 g/mol. The Kier molecular flexibility index (Phi) is 5.91. The number of nitrogens with one attached hydrogen (secondary N) is 1. The third-order valence-corrected chi connectivity index (χ3v) is 4.06. The summed E-state index contributed by atoms with van der Waals surface area (Å²) in [5, 5.41) is 11.9. The molecule has 0 spiro atoms. The molecule has 0 atom stereocenters.